The van der Waals surface area contributed by atoms with Gasteiger partial charge in [0.05, 0.1) is 18.0 Å². The summed E-state index contributed by atoms with van der Waals surface area (Å²) in [4.78, 5) is 22.4. The van der Waals surface area contributed by atoms with Crippen LogP contribution in [0.15, 0.2) is 54.6 Å². The van der Waals surface area contributed by atoms with Crippen molar-refractivity contribution in [2.24, 2.45) is 5.92 Å². The van der Waals surface area contributed by atoms with Crippen LogP contribution in [-0.4, -0.2) is 53.8 Å². The van der Waals surface area contributed by atoms with Gasteiger partial charge < -0.3 is 25.8 Å². The maximum Gasteiger partial charge on any atom is 0.227 e. The van der Waals surface area contributed by atoms with Crippen LogP contribution >= 0.6 is 0 Å². The highest BCUT2D eigenvalue weighted by molar-refractivity contribution is 5.93. The fourth-order valence-electron chi connectivity index (χ4n) is 4.39. The summed E-state index contributed by atoms with van der Waals surface area (Å²) in [6.45, 7) is 3.84. The molecule has 2 aliphatic rings. The summed E-state index contributed by atoms with van der Waals surface area (Å²) in [7, 11) is 0. The minimum Gasteiger partial charge on any atom is -0.508 e. The first-order valence-electron chi connectivity index (χ1n) is 11.8. The number of rotatable bonds is 5. The quantitative estimate of drug-likeness (QED) is 0.464. The smallest absolute Gasteiger partial charge is 0.227 e. The summed E-state index contributed by atoms with van der Waals surface area (Å²) in [6, 6.07) is 16.6. The SMILES string of the molecule is O=C(Nc1cccc(-c2nc(-c3cccc(O)c3)cc(C3CNCCO3)n2)c1)C1CCNCC1. The highest BCUT2D eigenvalue weighted by Crippen LogP contribution is 2.29. The van der Waals surface area contributed by atoms with Gasteiger partial charge in [-0.2, -0.15) is 0 Å². The van der Waals surface area contributed by atoms with Gasteiger partial charge in [0.15, 0.2) is 5.82 Å². The number of phenolic OH excluding ortho intramolecular Hbond substituents is 1. The van der Waals surface area contributed by atoms with Crippen LogP contribution in [0.25, 0.3) is 22.6 Å². The Morgan fingerprint density at radius 1 is 0.971 bits per heavy atom. The van der Waals surface area contributed by atoms with E-state index in [4.69, 9.17) is 14.7 Å². The van der Waals surface area contributed by atoms with Crippen LogP contribution in [0, 0.1) is 5.92 Å². The van der Waals surface area contributed by atoms with Crippen LogP contribution in [0.2, 0.25) is 0 Å². The molecule has 2 aliphatic heterocycles. The van der Waals surface area contributed by atoms with E-state index in [1.165, 1.54) is 0 Å². The first-order valence-corrected chi connectivity index (χ1v) is 11.8. The van der Waals surface area contributed by atoms with Crippen molar-refractivity contribution in [3.8, 4) is 28.4 Å². The number of ether oxygens (including phenoxy) is 1. The van der Waals surface area contributed by atoms with Crippen LogP contribution < -0.4 is 16.0 Å². The molecule has 3 heterocycles. The number of carbonyl (C=O) groups excluding carboxylic acids is 1. The minimum atomic E-state index is -0.186. The Morgan fingerprint density at radius 3 is 2.59 bits per heavy atom. The van der Waals surface area contributed by atoms with Crippen molar-refractivity contribution in [2.75, 3.05) is 38.1 Å². The normalized spacial score (nSPS) is 19.0. The number of nitrogens with one attached hydrogen (secondary N) is 3. The second kappa shape index (κ2) is 10.3. The highest BCUT2D eigenvalue weighted by Gasteiger charge is 2.22. The number of hydrogen-bond donors (Lipinski definition) is 4. The van der Waals surface area contributed by atoms with Crippen molar-refractivity contribution >= 4 is 11.6 Å². The molecule has 2 saturated heterocycles. The molecule has 8 heteroatoms. The van der Waals surface area contributed by atoms with Crippen LogP contribution in [0.5, 0.6) is 5.75 Å². The van der Waals surface area contributed by atoms with Gasteiger partial charge >= 0.3 is 0 Å². The lowest BCUT2D eigenvalue weighted by molar-refractivity contribution is -0.120. The van der Waals surface area contributed by atoms with E-state index in [2.05, 4.69) is 16.0 Å². The molecule has 1 atom stereocenters. The van der Waals surface area contributed by atoms with Crippen LogP contribution in [0.1, 0.15) is 24.6 Å². The molecular formula is C26H29N5O3. The van der Waals surface area contributed by atoms with Crippen molar-refractivity contribution in [3.63, 3.8) is 0 Å². The Bertz CT molecular complexity index is 1160. The Morgan fingerprint density at radius 2 is 1.79 bits per heavy atom. The average Bonchev–Trinajstić information content (AvgIpc) is 2.89. The van der Waals surface area contributed by atoms with Crippen LogP contribution in [0.4, 0.5) is 5.69 Å². The van der Waals surface area contributed by atoms with Crippen molar-refractivity contribution in [2.45, 2.75) is 18.9 Å². The maximum absolute atomic E-state index is 12.7. The molecule has 0 aliphatic carbocycles. The monoisotopic (exact) mass is 459 g/mol. The zero-order chi connectivity index (χ0) is 23.3. The van der Waals surface area contributed by atoms with E-state index in [0.717, 1.165) is 55.0 Å². The van der Waals surface area contributed by atoms with Crippen molar-refractivity contribution < 1.29 is 14.6 Å². The highest BCUT2D eigenvalue weighted by atomic mass is 16.5. The van der Waals surface area contributed by atoms with Crippen molar-refractivity contribution in [1.29, 1.82) is 0 Å². The van der Waals surface area contributed by atoms with Gasteiger partial charge in [-0.1, -0.05) is 24.3 Å². The van der Waals surface area contributed by atoms with E-state index in [1.807, 2.05) is 36.4 Å². The van der Waals surface area contributed by atoms with E-state index in [1.54, 1.807) is 18.2 Å². The topological polar surface area (TPSA) is 108 Å². The molecule has 34 heavy (non-hydrogen) atoms. The van der Waals surface area contributed by atoms with Crippen molar-refractivity contribution in [1.82, 2.24) is 20.6 Å². The molecule has 5 rings (SSSR count). The predicted octanol–water partition coefficient (Wildman–Crippen LogP) is 3.12. The molecule has 176 valence electrons. The summed E-state index contributed by atoms with van der Waals surface area (Å²) in [5.74, 6) is 0.800. The van der Waals surface area contributed by atoms with Gasteiger partial charge in [0.1, 0.15) is 11.9 Å². The molecule has 0 saturated carbocycles. The molecule has 3 aromatic rings. The molecule has 1 amide bonds. The van der Waals surface area contributed by atoms with Gasteiger partial charge in [-0.25, -0.2) is 9.97 Å². The second-order valence-electron chi connectivity index (χ2n) is 8.71. The van der Waals surface area contributed by atoms with Gasteiger partial charge in [-0.05, 0) is 56.3 Å². The first kappa shape index (κ1) is 22.5. The van der Waals surface area contributed by atoms with Crippen LogP contribution in [0.3, 0.4) is 0 Å². The number of hydrogen-bond acceptors (Lipinski definition) is 7. The lowest BCUT2D eigenvalue weighted by Crippen LogP contribution is -2.34. The number of anilines is 1. The van der Waals surface area contributed by atoms with E-state index >= 15 is 0 Å². The molecular weight excluding hydrogens is 430 g/mol. The third-order valence-corrected chi connectivity index (χ3v) is 6.24. The summed E-state index contributed by atoms with van der Waals surface area (Å²) in [6.07, 6.45) is 1.51. The third-order valence-electron chi connectivity index (χ3n) is 6.24. The predicted molar refractivity (Wildman–Crippen MR) is 130 cm³/mol. The lowest BCUT2D eigenvalue weighted by atomic mass is 9.97. The second-order valence-corrected chi connectivity index (χ2v) is 8.71. The van der Waals surface area contributed by atoms with Crippen LogP contribution in [-0.2, 0) is 9.53 Å². The number of piperidine rings is 1. The summed E-state index contributed by atoms with van der Waals surface area (Å²) in [5, 5.41) is 19.7. The zero-order valence-corrected chi connectivity index (χ0v) is 19.0. The van der Waals surface area contributed by atoms with E-state index in [9.17, 15) is 9.90 Å². The van der Waals surface area contributed by atoms with Gasteiger partial charge in [0.2, 0.25) is 5.91 Å². The number of nitrogens with zero attached hydrogens (tertiary/aromatic N) is 2. The number of amides is 1. The van der Waals surface area contributed by atoms with E-state index < -0.39 is 0 Å². The Balaban J connectivity index is 1.47. The van der Waals surface area contributed by atoms with E-state index in [-0.39, 0.29) is 23.7 Å². The molecule has 8 nitrogen and oxygen atoms in total. The third kappa shape index (κ3) is 5.25. The summed E-state index contributed by atoms with van der Waals surface area (Å²) in [5.41, 5.74) is 3.80. The molecule has 1 unspecified atom stereocenters. The van der Waals surface area contributed by atoms with Gasteiger partial charge in [0, 0.05) is 35.8 Å². The largest absolute Gasteiger partial charge is 0.508 e. The standard InChI is InChI=1S/C26H29N5O3/c32-21-6-2-3-18(14-21)22-15-23(24-16-28-11-12-34-24)31-25(30-22)19-4-1-5-20(13-19)29-26(33)17-7-9-27-10-8-17/h1-6,13-15,17,24,27-28,32H,7-12,16H2,(H,29,33). The number of morpholine rings is 1. The molecule has 0 spiro atoms. The maximum atomic E-state index is 12.7. The lowest BCUT2D eigenvalue weighted by Gasteiger charge is -2.24. The molecule has 4 N–H and O–H groups in total. The molecule has 0 bridgehead atoms. The molecule has 0 radical (unpaired) electrons. The fourth-order valence-corrected chi connectivity index (χ4v) is 4.39. The van der Waals surface area contributed by atoms with Gasteiger partial charge in [0.25, 0.3) is 0 Å². The number of aromatic nitrogens is 2. The average molecular weight is 460 g/mol. The first-order chi connectivity index (χ1) is 16.7. The molecule has 2 aromatic carbocycles. The van der Waals surface area contributed by atoms with Gasteiger partial charge in [-0.15, -0.1) is 0 Å². The Labute approximate surface area is 198 Å². The van der Waals surface area contributed by atoms with Crippen molar-refractivity contribution in [3.05, 3.63) is 60.3 Å². The minimum absolute atomic E-state index is 0.0257. The number of phenols is 1. The number of aromatic hydroxyl groups is 1. The number of benzene rings is 2. The van der Waals surface area contributed by atoms with E-state index in [0.29, 0.717) is 24.7 Å². The summed E-state index contributed by atoms with van der Waals surface area (Å²) >= 11 is 0. The molecule has 1 aromatic heterocycles. The molecule has 2 fully saturated rings. The number of carbonyl (C=O) groups is 1. The Hall–Kier alpha value is -3.33. The zero-order valence-electron chi connectivity index (χ0n) is 19.0. The fraction of sp³-hybridized carbons (Fsp3) is 0.346. The Kier molecular flexibility index (Phi) is 6.80. The summed E-state index contributed by atoms with van der Waals surface area (Å²) < 4.78 is 5.95. The van der Waals surface area contributed by atoms with Gasteiger partial charge in [-0.3, -0.25) is 4.79 Å².